The summed E-state index contributed by atoms with van der Waals surface area (Å²) in [5.41, 5.74) is 1.52. The summed E-state index contributed by atoms with van der Waals surface area (Å²) >= 11 is 6.81. The number of allylic oxidation sites excluding steroid dienone is 2. The number of amides is 4. The number of urea groups is 1. The maximum Gasteiger partial charge on any atom is 0.320 e. The summed E-state index contributed by atoms with van der Waals surface area (Å²) in [5.74, 6) is -0.491. The van der Waals surface area contributed by atoms with Crippen LogP contribution in [0.25, 0.3) is 0 Å². The Morgan fingerprint density at radius 3 is 2.35 bits per heavy atom. The lowest BCUT2D eigenvalue weighted by Gasteiger charge is -2.18. The average molecular weight is 483 g/mol. The van der Waals surface area contributed by atoms with E-state index in [0.29, 0.717) is 5.69 Å². The molecule has 26 heavy (non-hydrogen) atoms. The molecule has 1 aromatic carbocycles. The minimum atomic E-state index is -0.463. The Kier molecular flexibility index (Phi) is 4.43. The fourth-order valence-electron chi connectivity index (χ4n) is 4.29. The van der Waals surface area contributed by atoms with Crippen molar-refractivity contribution < 1.29 is 14.4 Å². The van der Waals surface area contributed by atoms with Crippen LogP contribution in [0.3, 0.4) is 0 Å². The number of nitrogens with zero attached hydrogens (tertiary/aromatic N) is 1. The molecule has 136 valence electrons. The molecule has 0 spiro atoms. The van der Waals surface area contributed by atoms with Gasteiger partial charge in [-0.15, -0.1) is 0 Å². The highest BCUT2D eigenvalue weighted by Gasteiger charge is 2.59. The van der Waals surface area contributed by atoms with Crippen molar-refractivity contribution in [2.75, 3.05) is 12.0 Å². The van der Waals surface area contributed by atoms with Gasteiger partial charge in [-0.1, -0.05) is 28.1 Å². The van der Waals surface area contributed by atoms with E-state index in [2.05, 4.69) is 54.6 Å². The summed E-state index contributed by atoms with van der Waals surface area (Å²) in [6.45, 7) is 1.77. The largest absolute Gasteiger partial charge is 0.320 e. The van der Waals surface area contributed by atoms with Crippen molar-refractivity contribution in [3.05, 3.63) is 38.8 Å². The van der Waals surface area contributed by atoms with Crippen LogP contribution in [0.4, 0.5) is 10.5 Å². The number of fused-ring (bicyclic) bond motifs is 5. The lowest BCUT2D eigenvalue weighted by molar-refractivity contribution is -0.140. The second-order valence-corrected chi connectivity index (χ2v) is 8.74. The quantitative estimate of drug-likeness (QED) is 0.511. The zero-order valence-corrected chi connectivity index (χ0v) is 17.1. The molecule has 2 bridgehead atoms. The highest BCUT2D eigenvalue weighted by atomic mass is 79.9. The number of aryl methyl sites for hydroxylation is 1. The van der Waals surface area contributed by atoms with Crippen LogP contribution < -0.4 is 10.6 Å². The molecule has 1 aliphatic heterocycles. The number of carbonyl (C=O) groups is 3. The van der Waals surface area contributed by atoms with Crippen LogP contribution >= 0.6 is 31.9 Å². The van der Waals surface area contributed by atoms with Gasteiger partial charge in [0.05, 0.1) is 17.5 Å². The van der Waals surface area contributed by atoms with E-state index in [4.69, 9.17) is 0 Å². The first-order chi connectivity index (χ1) is 12.4. The molecule has 2 aliphatic carbocycles. The Labute approximate surface area is 167 Å². The Hall–Kier alpha value is -1.67. The maximum atomic E-state index is 12.6. The van der Waals surface area contributed by atoms with E-state index in [0.717, 1.165) is 20.9 Å². The van der Waals surface area contributed by atoms with Crippen LogP contribution in [0.2, 0.25) is 0 Å². The van der Waals surface area contributed by atoms with Gasteiger partial charge in [0.2, 0.25) is 11.8 Å². The third-order valence-corrected chi connectivity index (χ3v) is 6.53. The monoisotopic (exact) mass is 481 g/mol. The molecule has 4 unspecified atom stereocenters. The van der Waals surface area contributed by atoms with Crippen molar-refractivity contribution in [3.8, 4) is 0 Å². The molecule has 1 saturated heterocycles. The molecule has 8 heteroatoms. The summed E-state index contributed by atoms with van der Waals surface area (Å²) < 4.78 is 1.64. The first-order valence-corrected chi connectivity index (χ1v) is 9.99. The number of nitrogens with one attached hydrogen (secondary N) is 2. The van der Waals surface area contributed by atoms with E-state index in [9.17, 15) is 14.4 Å². The average Bonchev–Trinajstić information content (AvgIpc) is 3.24. The number of carbonyl (C=O) groups excluding carboxylic acids is 3. The second kappa shape index (κ2) is 6.49. The lowest BCUT2D eigenvalue weighted by Crippen LogP contribution is -2.43. The smallest absolute Gasteiger partial charge is 0.320 e. The summed E-state index contributed by atoms with van der Waals surface area (Å²) in [6, 6.07) is 3.26. The highest BCUT2D eigenvalue weighted by molar-refractivity contribution is 9.11. The van der Waals surface area contributed by atoms with Crippen molar-refractivity contribution >= 4 is 55.4 Å². The number of hydrogen-bond acceptors (Lipinski definition) is 3. The minimum absolute atomic E-state index is 0.108. The molecule has 2 fully saturated rings. The molecule has 0 aromatic heterocycles. The number of anilines is 1. The fourth-order valence-corrected chi connectivity index (χ4v) is 5.83. The van der Waals surface area contributed by atoms with E-state index in [-0.39, 0.29) is 42.2 Å². The van der Waals surface area contributed by atoms with Gasteiger partial charge in [0.15, 0.2) is 0 Å². The molecule has 1 saturated carbocycles. The number of likely N-dealkylation sites (tertiary alicyclic amines) is 1. The molecule has 2 N–H and O–H groups in total. The van der Waals surface area contributed by atoms with E-state index in [1.165, 1.54) is 4.90 Å². The molecule has 4 atom stereocenters. The van der Waals surface area contributed by atoms with Gasteiger partial charge in [0, 0.05) is 8.95 Å². The molecular formula is C18H17Br2N3O3. The van der Waals surface area contributed by atoms with Crippen molar-refractivity contribution in [1.29, 1.82) is 0 Å². The van der Waals surface area contributed by atoms with E-state index in [1.54, 1.807) is 0 Å². The zero-order chi connectivity index (χ0) is 18.6. The molecule has 3 aliphatic rings. The Balaban J connectivity index is 1.40. The highest BCUT2D eigenvalue weighted by Crippen LogP contribution is 2.52. The van der Waals surface area contributed by atoms with Gasteiger partial charge in [-0.2, -0.15) is 0 Å². The summed E-state index contributed by atoms with van der Waals surface area (Å²) in [6.07, 6.45) is 4.99. The third kappa shape index (κ3) is 2.79. The van der Waals surface area contributed by atoms with Gasteiger partial charge >= 0.3 is 6.03 Å². The second-order valence-electron chi connectivity index (χ2n) is 6.97. The zero-order valence-electron chi connectivity index (χ0n) is 14.0. The molecule has 4 amide bonds. The first kappa shape index (κ1) is 17.7. The van der Waals surface area contributed by atoms with E-state index in [1.807, 2.05) is 19.1 Å². The minimum Gasteiger partial charge on any atom is -0.320 e. The first-order valence-electron chi connectivity index (χ1n) is 8.41. The number of benzene rings is 1. The maximum absolute atomic E-state index is 12.6. The van der Waals surface area contributed by atoms with Crippen LogP contribution in [0.1, 0.15) is 12.0 Å². The SMILES string of the molecule is Cc1cc(Br)cc(Br)c1NC(=O)NCN1C(=O)C2C3C=CC(C3)C2C1=O. The van der Waals surface area contributed by atoms with Crippen LogP contribution in [-0.2, 0) is 9.59 Å². The summed E-state index contributed by atoms with van der Waals surface area (Å²) in [5, 5.41) is 5.38. The topological polar surface area (TPSA) is 78.5 Å². The predicted molar refractivity (Wildman–Crippen MR) is 103 cm³/mol. The third-order valence-electron chi connectivity index (χ3n) is 5.45. The molecule has 0 radical (unpaired) electrons. The van der Waals surface area contributed by atoms with Crippen LogP contribution in [-0.4, -0.2) is 29.4 Å². The fraction of sp³-hybridized carbons (Fsp3) is 0.389. The van der Waals surface area contributed by atoms with Crippen LogP contribution in [0.15, 0.2) is 33.2 Å². The number of rotatable bonds is 3. The number of hydrogen-bond donors (Lipinski definition) is 2. The Morgan fingerprint density at radius 2 is 1.77 bits per heavy atom. The Bertz CT molecular complexity index is 801. The van der Waals surface area contributed by atoms with Gasteiger partial charge in [0.25, 0.3) is 0 Å². The number of halogens is 2. The normalized spacial score (nSPS) is 28.7. The standard InChI is InChI=1S/C18H17Br2N3O3/c1-8-4-11(19)6-12(20)15(8)22-18(26)21-7-23-16(24)13-9-2-3-10(5-9)14(13)17(23)25/h2-4,6,9-10,13-14H,5,7H2,1H3,(H2,21,22,26). The van der Waals surface area contributed by atoms with Gasteiger partial charge < -0.3 is 10.6 Å². The molecule has 1 heterocycles. The lowest BCUT2D eigenvalue weighted by atomic mass is 9.85. The van der Waals surface area contributed by atoms with Crippen LogP contribution in [0, 0.1) is 30.6 Å². The predicted octanol–water partition coefficient (Wildman–Crippen LogP) is 3.41. The van der Waals surface area contributed by atoms with Gasteiger partial charge in [-0.05, 0) is 58.8 Å². The van der Waals surface area contributed by atoms with E-state index >= 15 is 0 Å². The van der Waals surface area contributed by atoms with Crippen molar-refractivity contribution in [3.63, 3.8) is 0 Å². The van der Waals surface area contributed by atoms with Gasteiger partial charge in [-0.25, -0.2) is 4.79 Å². The van der Waals surface area contributed by atoms with Gasteiger partial charge in [0.1, 0.15) is 6.67 Å². The van der Waals surface area contributed by atoms with E-state index < -0.39 is 6.03 Å². The summed E-state index contributed by atoms with van der Waals surface area (Å²) in [7, 11) is 0. The van der Waals surface area contributed by atoms with Gasteiger partial charge in [-0.3, -0.25) is 14.5 Å². The van der Waals surface area contributed by atoms with Crippen molar-refractivity contribution in [1.82, 2.24) is 10.2 Å². The number of imide groups is 1. The summed E-state index contributed by atoms with van der Waals surface area (Å²) in [4.78, 5) is 38.6. The van der Waals surface area contributed by atoms with Crippen molar-refractivity contribution in [2.24, 2.45) is 23.7 Å². The molecular weight excluding hydrogens is 466 g/mol. The van der Waals surface area contributed by atoms with Crippen LogP contribution in [0.5, 0.6) is 0 Å². The van der Waals surface area contributed by atoms with Crippen molar-refractivity contribution in [2.45, 2.75) is 13.3 Å². The molecule has 4 rings (SSSR count). The molecule has 1 aromatic rings. The molecule has 6 nitrogen and oxygen atoms in total. The Morgan fingerprint density at radius 1 is 1.15 bits per heavy atom.